The van der Waals surface area contributed by atoms with Crippen LogP contribution in [0.25, 0.3) is 11.3 Å². The Kier molecular flexibility index (Phi) is 4.77. The van der Waals surface area contributed by atoms with Gasteiger partial charge in [-0.05, 0) is 54.7 Å². The Labute approximate surface area is 181 Å². The number of piperidine rings is 1. The topological polar surface area (TPSA) is 83.1 Å². The number of aromatic amines is 1. The maximum absolute atomic E-state index is 12.8. The molecule has 2 aromatic heterocycles. The number of ether oxygens (including phenoxy) is 1. The lowest BCUT2D eigenvalue weighted by atomic mass is 10.1. The standard InChI is InChI=1S/C21H18ClF2N5O2/c22-21(23,24)31-16-3-1-15(2-4-16)27-20(30)12-8-17(18-5-6-26-28-18)19(25-9-12)29-10-13-7-14(13)11-29/h1-6,8-9,13-14H,7,10-11H2,(H,26,28)(H,27,30). The zero-order valence-corrected chi connectivity index (χ0v) is 16.9. The van der Waals surface area contributed by atoms with E-state index in [1.807, 2.05) is 6.07 Å². The first-order valence-electron chi connectivity index (χ1n) is 9.77. The second-order valence-electron chi connectivity index (χ2n) is 7.75. The number of nitrogens with one attached hydrogen (secondary N) is 2. The van der Waals surface area contributed by atoms with E-state index in [0.29, 0.717) is 11.3 Å². The van der Waals surface area contributed by atoms with E-state index in [-0.39, 0.29) is 11.7 Å². The summed E-state index contributed by atoms with van der Waals surface area (Å²) in [4.78, 5) is 19.6. The summed E-state index contributed by atoms with van der Waals surface area (Å²) in [6.07, 6.45) is 4.48. The number of hydrogen-bond acceptors (Lipinski definition) is 5. The summed E-state index contributed by atoms with van der Waals surface area (Å²) in [5, 5.41) is 9.69. The molecule has 1 aliphatic carbocycles. The highest BCUT2D eigenvalue weighted by molar-refractivity contribution is 6.20. The van der Waals surface area contributed by atoms with Crippen LogP contribution in [0.1, 0.15) is 16.8 Å². The normalized spacial score (nSPS) is 19.8. The van der Waals surface area contributed by atoms with Crippen molar-refractivity contribution in [3.05, 3.63) is 54.4 Å². The van der Waals surface area contributed by atoms with E-state index in [2.05, 4.69) is 30.1 Å². The van der Waals surface area contributed by atoms with E-state index in [0.717, 1.165) is 42.0 Å². The first-order valence-corrected chi connectivity index (χ1v) is 10.2. The van der Waals surface area contributed by atoms with Gasteiger partial charge in [-0.1, -0.05) is 0 Å². The molecule has 2 fully saturated rings. The summed E-state index contributed by atoms with van der Waals surface area (Å²) in [5.74, 6) is 1.82. The third-order valence-corrected chi connectivity index (χ3v) is 5.62. The number of fused-ring (bicyclic) bond motifs is 1. The third kappa shape index (κ3) is 4.32. The van der Waals surface area contributed by atoms with Crippen LogP contribution in [0.2, 0.25) is 0 Å². The van der Waals surface area contributed by atoms with Gasteiger partial charge in [-0.25, -0.2) is 4.98 Å². The van der Waals surface area contributed by atoms with Crippen molar-refractivity contribution in [3.63, 3.8) is 0 Å². The summed E-state index contributed by atoms with van der Waals surface area (Å²) in [5.41, 5.74) is -1.43. The lowest BCUT2D eigenvalue weighted by molar-refractivity contribution is -0.0964. The van der Waals surface area contributed by atoms with Crippen LogP contribution in [0.5, 0.6) is 5.75 Å². The fraction of sp³-hybridized carbons (Fsp3) is 0.286. The molecule has 7 nitrogen and oxygen atoms in total. The molecular formula is C21H18ClF2N5O2. The Morgan fingerprint density at radius 3 is 2.61 bits per heavy atom. The SMILES string of the molecule is O=C(Nc1ccc(OC(F)(F)Cl)cc1)c1cnc(N2CC3CC3C2)c(-c2ccn[nH]2)c1. The number of hydrogen-bond donors (Lipinski definition) is 2. The van der Waals surface area contributed by atoms with Gasteiger partial charge in [0.1, 0.15) is 11.6 Å². The number of aromatic nitrogens is 3. The number of nitrogens with zero attached hydrogens (tertiary/aromatic N) is 3. The number of carbonyl (C=O) groups is 1. The smallest absolute Gasteiger partial charge is 0.420 e. The molecule has 1 amide bonds. The zero-order chi connectivity index (χ0) is 21.6. The molecular weight excluding hydrogens is 428 g/mol. The molecule has 3 aromatic rings. The highest BCUT2D eigenvalue weighted by atomic mass is 35.5. The molecule has 2 atom stereocenters. The van der Waals surface area contributed by atoms with Crippen molar-refractivity contribution in [2.75, 3.05) is 23.3 Å². The Hall–Kier alpha value is -3.20. The van der Waals surface area contributed by atoms with Gasteiger partial charge in [0.05, 0.1) is 11.3 Å². The van der Waals surface area contributed by atoms with Gasteiger partial charge in [-0.2, -0.15) is 5.10 Å². The van der Waals surface area contributed by atoms with E-state index < -0.39 is 5.57 Å². The molecule has 0 bridgehead atoms. The molecule has 31 heavy (non-hydrogen) atoms. The van der Waals surface area contributed by atoms with E-state index in [1.165, 1.54) is 30.7 Å². The molecule has 2 unspecified atom stereocenters. The summed E-state index contributed by atoms with van der Waals surface area (Å²) in [6, 6.07) is 9.10. The zero-order valence-electron chi connectivity index (χ0n) is 16.2. The first-order chi connectivity index (χ1) is 14.9. The van der Waals surface area contributed by atoms with Gasteiger partial charge in [-0.15, -0.1) is 8.78 Å². The summed E-state index contributed by atoms with van der Waals surface area (Å²) in [6.45, 7) is 1.94. The van der Waals surface area contributed by atoms with Crippen LogP contribution < -0.4 is 15.0 Å². The Morgan fingerprint density at radius 1 is 1.23 bits per heavy atom. The Morgan fingerprint density at radius 2 is 1.97 bits per heavy atom. The molecule has 1 aliphatic heterocycles. The molecule has 0 spiro atoms. The number of benzene rings is 1. The number of carbonyl (C=O) groups excluding carboxylic acids is 1. The lowest BCUT2D eigenvalue weighted by Crippen LogP contribution is -2.24. The van der Waals surface area contributed by atoms with Crippen LogP contribution in [-0.4, -0.2) is 39.7 Å². The van der Waals surface area contributed by atoms with Gasteiger partial charge in [0.25, 0.3) is 5.91 Å². The number of pyridine rings is 1. The van der Waals surface area contributed by atoms with Crippen molar-refractivity contribution in [1.82, 2.24) is 15.2 Å². The van der Waals surface area contributed by atoms with Crippen LogP contribution in [-0.2, 0) is 0 Å². The van der Waals surface area contributed by atoms with Crippen molar-refractivity contribution < 1.29 is 18.3 Å². The molecule has 1 aromatic carbocycles. The van der Waals surface area contributed by atoms with Gasteiger partial charge in [0.2, 0.25) is 0 Å². The minimum absolute atomic E-state index is 0.116. The van der Waals surface area contributed by atoms with Gasteiger partial charge >= 0.3 is 5.57 Å². The molecule has 2 N–H and O–H groups in total. The van der Waals surface area contributed by atoms with E-state index in [1.54, 1.807) is 18.5 Å². The number of amides is 1. The minimum atomic E-state index is -3.79. The molecule has 5 rings (SSSR count). The highest BCUT2D eigenvalue weighted by Crippen LogP contribution is 2.47. The third-order valence-electron chi connectivity index (χ3n) is 5.54. The van der Waals surface area contributed by atoms with Crippen molar-refractivity contribution >= 4 is 29.0 Å². The van der Waals surface area contributed by atoms with Gasteiger partial charge in [0, 0.05) is 48.3 Å². The number of halogens is 3. The monoisotopic (exact) mass is 445 g/mol. The van der Waals surface area contributed by atoms with Crippen molar-refractivity contribution in [2.24, 2.45) is 11.8 Å². The van der Waals surface area contributed by atoms with Crippen LogP contribution in [0.3, 0.4) is 0 Å². The van der Waals surface area contributed by atoms with E-state index in [4.69, 9.17) is 11.6 Å². The summed E-state index contributed by atoms with van der Waals surface area (Å²) in [7, 11) is 0. The maximum atomic E-state index is 12.8. The summed E-state index contributed by atoms with van der Waals surface area (Å²) < 4.78 is 29.7. The fourth-order valence-electron chi connectivity index (χ4n) is 3.95. The van der Waals surface area contributed by atoms with Gasteiger partial charge < -0.3 is 15.0 Å². The number of anilines is 2. The second kappa shape index (κ2) is 7.49. The molecule has 3 heterocycles. The van der Waals surface area contributed by atoms with Crippen molar-refractivity contribution in [1.29, 1.82) is 0 Å². The number of alkyl halides is 3. The van der Waals surface area contributed by atoms with Crippen molar-refractivity contribution in [2.45, 2.75) is 12.0 Å². The molecule has 160 valence electrons. The molecule has 0 radical (unpaired) electrons. The molecule has 10 heteroatoms. The molecule has 1 saturated carbocycles. The summed E-state index contributed by atoms with van der Waals surface area (Å²) >= 11 is 4.76. The number of H-pyrrole nitrogens is 1. The van der Waals surface area contributed by atoms with Gasteiger partial charge in [0.15, 0.2) is 0 Å². The maximum Gasteiger partial charge on any atom is 0.487 e. The largest absolute Gasteiger partial charge is 0.487 e. The van der Waals surface area contributed by atoms with Gasteiger partial charge in [-0.3, -0.25) is 9.89 Å². The lowest BCUT2D eigenvalue weighted by Gasteiger charge is -2.22. The minimum Gasteiger partial charge on any atom is -0.420 e. The van der Waals surface area contributed by atoms with Crippen LogP contribution in [0.15, 0.2) is 48.8 Å². The average Bonchev–Trinajstić information content (AvgIpc) is 3.12. The Balaban J connectivity index is 1.36. The van der Waals surface area contributed by atoms with E-state index >= 15 is 0 Å². The average molecular weight is 446 g/mol. The molecule has 1 saturated heterocycles. The van der Waals surface area contributed by atoms with Crippen LogP contribution in [0.4, 0.5) is 20.3 Å². The highest BCUT2D eigenvalue weighted by Gasteiger charge is 2.46. The quantitative estimate of drug-likeness (QED) is 0.551. The Bertz CT molecular complexity index is 1090. The second-order valence-corrected chi connectivity index (χ2v) is 8.19. The molecule has 2 aliphatic rings. The number of rotatable bonds is 6. The van der Waals surface area contributed by atoms with Crippen molar-refractivity contribution in [3.8, 4) is 17.0 Å². The van der Waals surface area contributed by atoms with Crippen LogP contribution in [0, 0.1) is 11.8 Å². The predicted molar refractivity (Wildman–Crippen MR) is 111 cm³/mol. The first kappa shape index (κ1) is 19.7. The fourth-order valence-corrected chi connectivity index (χ4v) is 4.04. The predicted octanol–water partition coefficient (Wildman–Crippen LogP) is 4.35. The van der Waals surface area contributed by atoms with E-state index in [9.17, 15) is 13.6 Å². The van der Waals surface area contributed by atoms with Crippen LogP contribution >= 0.6 is 11.6 Å².